The summed E-state index contributed by atoms with van der Waals surface area (Å²) in [6, 6.07) is 0.338. The maximum Gasteiger partial charge on any atom is 0.226 e. The lowest BCUT2D eigenvalue weighted by atomic mass is 9.87. The topological polar surface area (TPSA) is 69.7 Å². The van der Waals surface area contributed by atoms with E-state index >= 15 is 0 Å². The number of hydrogen-bond acceptors (Lipinski definition) is 5. The van der Waals surface area contributed by atoms with E-state index in [0.717, 1.165) is 23.4 Å². The number of H-pyrrole nitrogens is 1. The first kappa shape index (κ1) is 14.6. The zero-order valence-corrected chi connectivity index (χ0v) is 13.2. The number of aromatic amines is 1. The fourth-order valence-corrected chi connectivity index (χ4v) is 2.09. The molecule has 2 N–H and O–H groups in total. The molecule has 20 heavy (non-hydrogen) atoms. The lowest BCUT2D eigenvalue weighted by Crippen LogP contribution is -2.40. The molecule has 0 saturated carbocycles. The van der Waals surface area contributed by atoms with E-state index in [1.54, 1.807) is 6.20 Å². The quantitative estimate of drug-likeness (QED) is 0.898. The fraction of sp³-hybridized carbons (Fsp3) is 0.643. The minimum absolute atomic E-state index is 0.161. The highest BCUT2D eigenvalue weighted by Crippen LogP contribution is 2.30. The maximum absolute atomic E-state index is 4.64. The van der Waals surface area contributed by atoms with Crippen LogP contribution < -0.4 is 10.2 Å². The van der Waals surface area contributed by atoms with Crippen LogP contribution in [0.3, 0.4) is 0 Å². The Morgan fingerprint density at radius 1 is 1.35 bits per heavy atom. The van der Waals surface area contributed by atoms with Gasteiger partial charge in [0, 0.05) is 19.6 Å². The first-order valence-electron chi connectivity index (χ1n) is 7.02. The summed E-state index contributed by atoms with van der Waals surface area (Å²) >= 11 is 0. The molecule has 0 aliphatic heterocycles. The Balaban J connectivity index is 2.48. The molecule has 0 saturated heterocycles. The van der Waals surface area contributed by atoms with Crippen LogP contribution in [0.25, 0.3) is 11.0 Å². The Kier molecular flexibility index (Phi) is 3.83. The van der Waals surface area contributed by atoms with Gasteiger partial charge in [-0.2, -0.15) is 15.1 Å². The van der Waals surface area contributed by atoms with Gasteiger partial charge in [-0.25, -0.2) is 0 Å². The summed E-state index contributed by atoms with van der Waals surface area (Å²) in [5.74, 6) is 1.54. The second-order valence-corrected chi connectivity index (χ2v) is 6.19. The van der Waals surface area contributed by atoms with Gasteiger partial charge in [0.25, 0.3) is 0 Å². The Morgan fingerprint density at radius 2 is 2.05 bits per heavy atom. The summed E-state index contributed by atoms with van der Waals surface area (Å²) in [7, 11) is 2.07. The van der Waals surface area contributed by atoms with Crippen LogP contribution in [0.15, 0.2) is 6.20 Å². The molecule has 2 aromatic heterocycles. The van der Waals surface area contributed by atoms with Gasteiger partial charge in [-0.05, 0) is 19.3 Å². The minimum atomic E-state index is 0.161. The summed E-state index contributed by atoms with van der Waals surface area (Å²) in [6.45, 7) is 11.7. The third-order valence-corrected chi connectivity index (χ3v) is 3.79. The van der Waals surface area contributed by atoms with Crippen LogP contribution in [0.5, 0.6) is 0 Å². The molecule has 110 valence electrons. The molecule has 2 aromatic rings. The molecule has 1 unspecified atom stereocenters. The highest BCUT2D eigenvalue weighted by molar-refractivity contribution is 5.87. The van der Waals surface area contributed by atoms with E-state index in [1.165, 1.54) is 0 Å². The molecule has 0 aliphatic rings. The third kappa shape index (κ3) is 2.69. The molecule has 0 amide bonds. The standard InChI is InChI=1S/C14H24N6/c1-7-15-13-17-11-10(8-16-19-11)12(18-13)20(6)9(2)14(3,4)5/h8-9H,7H2,1-6H3,(H2,15,16,17,18,19). The lowest BCUT2D eigenvalue weighted by Gasteiger charge is -2.36. The van der Waals surface area contributed by atoms with Gasteiger partial charge in [0.05, 0.1) is 11.6 Å². The number of fused-ring (bicyclic) bond motifs is 1. The average molecular weight is 276 g/mol. The normalized spacial score (nSPS) is 13.5. The van der Waals surface area contributed by atoms with E-state index in [0.29, 0.717) is 12.0 Å². The monoisotopic (exact) mass is 276 g/mol. The predicted octanol–water partition coefficient (Wildman–Crippen LogP) is 2.66. The van der Waals surface area contributed by atoms with Crippen molar-refractivity contribution in [1.29, 1.82) is 0 Å². The number of hydrogen-bond donors (Lipinski definition) is 2. The summed E-state index contributed by atoms with van der Waals surface area (Å²) in [5.41, 5.74) is 0.924. The first-order chi connectivity index (χ1) is 9.34. The van der Waals surface area contributed by atoms with E-state index in [2.05, 4.69) is 65.1 Å². The van der Waals surface area contributed by atoms with Gasteiger partial charge in [0.15, 0.2) is 5.65 Å². The van der Waals surface area contributed by atoms with Crippen molar-refractivity contribution in [3.05, 3.63) is 6.20 Å². The maximum atomic E-state index is 4.64. The van der Waals surface area contributed by atoms with Crippen molar-refractivity contribution < 1.29 is 0 Å². The van der Waals surface area contributed by atoms with Crippen molar-refractivity contribution in [2.45, 2.75) is 40.7 Å². The largest absolute Gasteiger partial charge is 0.356 e. The average Bonchev–Trinajstić information content (AvgIpc) is 2.83. The third-order valence-electron chi connectivity index (χ3n) is 3.79. The highest BCUT2D eigenvalue weighted by Gasteiger charge is 2.26. The van der Waals surface area contributed by atoms with Crippen LogP contribution in [0, 0.1) is 5.41 Å². The van der Waals surface area contributed by atoms with E-state index < -0.39 is 0 Å². The van der Waals surface area contributed by atoms with Crippen LogP contribution >= 0.6 is 0 Å². The van der Waals surface area contributed by atoms with E-state index in [4.69, 9.17) is 0 Å². The molecule has 0 spiro atoms. The van der Waals surface area contributed by atoms with E-state index in [1.807, 2.05) is 6.92 Å². The molecule has 0 bridgehead atoms. The van der Waals surface area contributed by atoms with Crippen molar-refractivity contribution in [1.82, 2.24) is 20.2 Å². The van der Waals surface area contributed by atoms with Gasteiger partial charge in [-0.15, -0.1) is 0 Å². The molecule has 2 rings (SSSR count). The van der Waals surface area contributed by atoms with Gasteiger partial charge in [-0.1, -0.05) is 20.8 Å². The van der Waals surface area contributed by atoms with Crippen LogP contribution in [0.1, 0.15) is 34.6 Å². The van der Waals surface area contributed by atoms with Crippen molar-refractivity contribution in [2.75, 3.05) is 23.8 Å². The lowest BCUT2D eigenvalue weighted by molar-refractivity contribution is 0.329. The number of nitrogens with zero attached hydrogens (tertiary/aromatic N) is 4. The molecule has 0 aromatic carbocycles. The number of rotatable bonds is 4. The van der Waals surface area contributed by atoms with Crippen LogP contribution in [0.4, 0.5) is 11.8 Å². The van der Waals surface area contributed by atoms with Crippen LogP contribution in [-0.2, 0) is 0 Å². The molecule has 6 heteroatoms. The SMILES string of the molecule is CCNc1nc(N(C)C(C)C(C)(C)C)c2cn[nH]c2n1. The Labute approximate surface area is 120 Å². The first-order valence-corrected chi connectivity index (χ1v) is 7.02. The Morgan fingerprint density at radius 3 is 2.65 bits per heavy atom. The van der Waals surface area contributed by atoms with Gasteiger partial charge in [-0.3, -0.25) is 5.10 Å². The molecule has 1 atom stereocenters. The molecule has 0 radical (unpaired) electrons. The van der Waals surface area contributed by atoms with Gasteiger partial charge in [0.2, 0.25) is 5.95 Å². The fourth-order valence-electron chi connectivity index (χ4n) is 2.09. The van der Waals surface area contributed by atoms with Crippen molar-refractivity contribution in [2.24, 2.45) is 5.41 Å². The van der Waals surface area contributed by atoms with Crippen LogP contribution in [-0.4, -0.2) is 39.8 Å². The van der Waals surface area contributed by atoms with Crippen LogP contribution in [0.2, 0.25) is 0 Å². The Hall–Kier alpha value is -1.85. The summed E-state index contributed by atoms with van der Waals surface area (Å²) < 4.78 is 0. The highest BCUT2D eigenvalue weighted by atomic mass is 15.3. The summed E-state index contributed by atoms with van der Waals surface area (Å²) in [5, 5.41) is 11.1. The predicted molar refractivity (Wildman–Crippen MR) is 83.2 cm³/mol. The summed E-state index contributed by atoms with van der Waals surface area (Å²) in [6.07, 6.45) is 1.78. The zero-order chi connectivity index (χ0) is 14.9. The number of nitrogens with one attached hydrogen (secondary N) is 2. The molecule has 6 nitrogen and oxygen atoms in total. The molecule has 2 heterocycles. The number of aromatic nitrogens is 4. The second-order valence-electron chi connectivity index (χ2n) is 6.19. The van der Waals surface area contributed by atoms with Crippen molar-refractivity contribution in [3.63, 3.8) is 0 Å². The summed E-state index contributed by atoms with van der Waals surface area (Å²) in [4.78, 5) is 11.3. The second kappa shape index (κ2) is 5.26. The number of anilines is 2. The Bertz CT molecular complexity index is 583. The van der Waals surface area contributed by atoms with Crippen molar-refractivity contribution in [3.8, 4) is 0 Å². The van der Waals surface area contributed by atoms with E-state index in [-0.39, 0.29) is 5.41 Å². The van der Waals surface area contributed by atoms with Gasteiger partial charge < -0.3 is 10.2 Å². The molecular formula is C14H24N6. The smallest absolute Gasteiger partial charge is 0.226 e. The van der Waals surface area contributed by atoms with E-state index in [9.17, 15) is 0 Å². The van der Waals surface area contributed by atoms with Crippen molar-refractivity contribution >= 4 is 22.8 Å². The molecule has 0 fully saturated rings. The molecular weight excluding hydrogens is 252 g/mol. The zero-order valence-electron chi connectivity index (χ0n) is 13.2. The molecule has 0 aliphatic carbocycles. The van der Waals surface area contributed by atoms with Gasteiger partial charge >= 0.3 is 0 Å². The van der Waals surface area contributed by atoms with Gasteiger partial charge in [0.1, 0.15) is 5.82 Å². The minimum Gasteiger partial charge on any atom is -0.356 e.